The molecule has 0 heterocycles. The molecule has 21 heavy (non-hydrogen) atoms. The minimum Gasteiger partial charge on any atom is -0.381 e. The first kappa shape index (κ1) is 15.8. The Morgan fingerprint density at radius 3 is 2.62 bits per heavy atom. The van der Waals surface area contributed by atoms with Gasteiger partial charge in [-0.1, -0.05) is 23.7 Å². The van der Waals surface area contributed by atoms with E-state index in [0.29, 0.717) is 17.8 Å². The van der Waals surface area contributed by atoms with Crippen molar-refractivity contribution in [2.24, 2.45) is 0 Å². The smallest absolute Gasteiger partial charge is 0.240 e. The Kier molecular flexibility index (Phi) is 4.82. The fraction of sp³-hybridized carbons (Fsp3) is 0.143. The van der Waals surface area contributed by atoms with Crippen molar-refractivity contribution in [3.8, 4) is 0 Å². The lowest BCUT2D eigenvalue weighted by Crippen LogP contribution is -2.18. The molecule has 0 aliphatic heterocycles. The van der Waals surface area contributed by atoms with Crippen LogP contribution in [0.25, 0.3) is 0 Å². The molecular weight excluding hydrogens is 315 g/mol. The standard InChI is InChI=1S/C14H14ClFN2O2S/c1-17-21(19,20)12-4-2-3-11(8-12)18-9-10-5-6-13(15)14(16)7-10/h2-8,17-18H,9H2,1H3. The molecule has 0 aromatic heterocycles. The molecule has 0 saturated heterocycles. The largest absolute Gasteiger partial charge is 0.381 e. The summed E-state index contributed by atoms with van der Waals surface area (Å²) < 4.78 is 39.0. The maximum Gasteiger partial charge on any atom is 0.240 e. The SMILES string of the molecule is CNS(=O)(=O)c1cccc(NCc2ccc(Cl)c(F)c2)c1. The van der Waals surface area contributed by atoms with Crippen molar-refractivity contribution >= 4 is 27.3 Å². The summed E-state index contributed by atoms with van der Waals surface area (Å²) in [6.07, 6.45) is 0. The topological polar surface area (TPSA) is 58.2 Å². The second-order valence-electron chi connectivity index (χ2n) is 4.34. The molecule has 2 aromatic rings. The van der Waals surface area contributed by atoms with Gasteiger partial charge in [-0.15, -0.1) is 0 Å². The van der Waals surface area contributed by atoms with Crippen molar-refractivity contribution in [2.75, 3.05) is 12.4 Å². The number of rotatable bonds is 5. The molecular formula is C14H14ClFN2O2S. The molecule has 2 aromatic carbocycles. The van der Waals surface area contributed by atoms with Gasteiger partial charge in [0.15, 0.2) is 0 Å². The number of benzene rings is 2. The summed E-state index contributed by atoms with van der Waals surface area (Å²) >= 11 is 5.62. The summed E-state index contributed by atoms with van der Waals surface area (Å²) in [6.45, 7) is 0.358. The van der Waals surface area contributed by atoms with Crippen LogP contribution in [0, 0.1) is 5.82 Å². The number of hydrogen-bond donors (Lipinski definition) is 2. The average Bonchev–Trinajstić information content (AvgIpc) is 2.49. The normalized spacial score (nSPS) is 11.4. The third-order valence-electron chi connectivity index (χ3n) is 2.89. The maximum atomic E-state index is 13.3. The molecule has 0 aliphatic carbocycles. The molecule has 2 N–H and O–H groups in total. The number of halogens is 2. The number of nitrogens with one attached hydrogen (secondary N) is 2. The van der Waals surface area contributed by atoms with Gasteiger partial charge in [-0.3, -0.25) is 0 Å². The highest BCUT2D eigenvalue weighted by Gasteiger charge is 2.11. The van der Waals surface area contributed by atoms with Gasteiger partial charge in [0, 0.05) is 12.2 Å². The third kappa shape index (κ3) is 3.93. The molecule has 0 aliphatic rings. The summed E-state index contributed by atoms with van der Waals surface area (Å²) in [5, 5.41) is 3.11. The van der Waals surface area contributed by atoms with Crippen LogP contribution >= 0.6 is 11.6 Å². The molecule has 4 nitrogen and oxygen atoms in total. The van der Waals surface area contributed by atoms with E-state index in [1.807, 2.05) is 0 Å². The second-order valence-corrected chi connectivity index (χ2v) is 6.63. The Morgan fingerprint density at radius 2 is 1.95 bits per heavy atom. The van der Waals surface area contributed by atoms with Crippen LogP contribution in [0.2, 0.25) is 5.02 Å². The highest BCUT2D eigenvalue weighted by molar-refractivity contribution is 7.89. The van der Waals surface area contributed by atoms with Crippen LogP contribution in [0.1, 0.15) is 5.56 Å². The van der Waals surface area contributed by atoms with Gasteiger partial charge in [-0.05, 0) is 42.9 Å². The highest BCUT2D eigenvalue weighted by Crippen LogP contribution is 2.18. The molecule has 112 valence electrons. The Bertz CT molecular complexity index is 750. The van der Waals surface area contributed by atoms with E-state index in [9.17, 15) is 12.8 Å². The van der Waals surface area contributed by atoms with Crippen molar-refractivity contribution in [3.63, 3.8) is 0 Å². The van der Waals surface area contributed by atoms with Crippen molar-refractivity contribution in [3.05, 3.63) is 58.9 Å². The van der Waals surface area contributed by atoms with Gasteiger partial charge in [-0.25, -0.2) is 17.5 Å². The summed E-state index contributed by atoms with van der Waals surface area (Å²) in [4.78, 5) is 0.164. The van der Waals surface area contributed by atoms with Gasteiger partial charge in [0.25, 0.3) is 0 Å². The zero-order chi connectivity index (χ0) is 15.5. The predicted molar refractivity (Wildman–Crippen MR) is 81.4 cm³/mol. The molecule has 0 amide bonds. The second kappa shape index (κ2) is 6.43. The fourth-order valence-corrected chi connectivity index (χ4v) is 2.64. The monoisotopic (exact) mass is 328 g/mol. The molecule has 0 spiro atoms. The molecule has 0 radical (unpaired) electrons. The van der Waals surface area contributed by atoms with Crippen LogP contribution < -0.4 is 10.0 Å². The Morgan fingerprint density at radius 1 is 1.19 bits per heavy atom. The van der Waals surface area contributed by atoms with Crippen LogP contribution in [-0.4, -0.2) is 15.5 Å². The van der Waals surface area contributed by atoms with E-state index in [0.717, 1.165) is 0 Å². The maximum absolute atomic E-state index is 13.3. The van der Waals surface area contributed by atoms with Crippen LogP contribution in [-0.2, 0) is 16.6 Å². The summed E-state index contributed by atoms with van der Waals surface area (Å²) in [6, 6.07) is 10.9. The molecule has 0 bridgehead atoms. The first-order chi connectivity index (χ1) is 9.92. The Labute approximate surface area is 128 Å². The first-order valence-corrected chi connectivity index (χ1v) is 8.00. The van der Waals surface area contributed by atoms with Crippen molar-refractivity contribution in [1.29, 1.82) is 0 Å². The Balaban J connectivity index is 2.13. The lowest BCUT2D eigenvalue weighted by atomic mass is 10.2. The van der Waals surface area contributed by atoms with E-state index in [1.165, 1.54) is 31.3 Å². The third-order valence-corrected chi connectivity index (χ3v) is 4.61. The number of hydrogen-bond acceptors (Lipinski definition) is 3. The van der Waals surface area contributed by atoms with Crippen LogP contribution in [0.4, 0.5) is 10.1 Å². The minimum absolute atomic E-state index is 0.0702. The lowest BCUT2D eigenvalue weighted by Gasteiger charge is -2.09. The van der Waals surface area contributed by atoms with Crippen LogP contribution in [0.5, 0.6) is 0 Å². The summed E-state index contributed by atoms with van der Waals surface area (Å²) in [5.74, 6) is -0.484. The first-order valence-electron chi connectivity index (χ1n) is 6.14. The van der Waals surface area contributed by atoms with Gasteiger partial charge >= 0.3 is 0 Å². The van der Waals surface area contributed by atoms with Crippen LogP contribution in [0.15, 0.2) is 47.4 Å². The molecule has 0 atom stereocenters. The van der Waals surface area contributed by atoms with Crippen molar-refractivity contribution in [1.82, 2.24) is 4.72 Å². The van der Waals surface area contributed by atoms with Crippen LogP contribution in [0.3, 0.4) is 0 Å². The fourth-order valence-electron chi connectivity index (χ4n) is 1.74. The lowest BCUT2D eigenvalue weighted by molar-refractivity contribution is 0.588. The van der Waals surface area contributed by atoms with Gasteiger partial charge in [-0.2, -0.15) is 0 Å². The van der Waals surface area contributed by atoms with E-state index >= 15 is 0 Å². The molecule has 2 rings (SSSR count). The summed E-state index contributed by atoms with van der Waals surface area (Å²) in [5.41, 5.74) is 1.33. The quantitative estimate of drug-likeness (QED) is 0.887. The van der Waals surface area contributed by atoms with Gasteiger partial charge < -0.3 is 5.32 Å². The van der Waals surface area contributed by atoms with E-state index in [1.54, 1.807) is 18.2 Å². The van der Waals surface area contributed by atoms with Crippen molar-refractivity contribution in [2.45, 2.75) is 11.4 Å². The van der Waals surface area contributed by atoms with E-state index in [-0.39, 0.29) is 9.92 Å². The van der Waals surface area contributed by atoms with E-state index < -0.39 is 15.8 Å². The average molecular weight is 329 g/mol. The van der Waals surface area contributed by atoms with Gasteiger partial charge in [0.05, 0.1) is 9.92 Å². The molecule has 0 saturated carbocycles. The van der Waals surface area contributed by atoms with E-state index in [2.05, 4.69) is 10.0 Å². The zero-order valence-electron chi connectivity index (χ0n) is 11.2. The van der Waals surface area contributed by atoms with Gasteiger partial charge in [0.2, 0.25) is 10.0 Å². The molecule has 7 heteroatoms. The Hall–Kier alpha value is -1.63. The van der Waals surface area contributed by atoms with Crippen molar-refractivity contribution < 1.29 is 12.8 Å². The molecule has 0 unspecified atom stereocenters. The number of sulfonamides is 1. The predicted octanol–water partition coefficient (Wildman–Crippen LogP) is 3.00. The van der Waals surface area contributed by atoms with E-state index in [4.69, 9.17) is 11.6 Å². The minimum atomic E-state index is -3.48. The summed E-state index contributed by atoms with van der Waals surface area (Å²) in [7, 11) is -2.13. The highest BCUT2D eigenvalue weighted by atomic mass is 35.5. The van der Waals surface area contributed by atoms with Gasteiger partial charge in [0.1, 0.15) is 5.82 Å². The number of anilines is 1. The molecule has 0 fully saturated rings. The zero-order valence-corrected chi connectivity index (χ0v) is 12.8.